The first kappa shape index (κ1) is 20.2. The molecule has 0 saturated heterocycles. The Morgan fingerprint density at radius 3 is 2.21 bits per heavy atom. The molecule has 0 unspecified atom stereocenters. The number of nitrogens with zero attached hydrogens (tertiary/aromatic N) is 4. The van der Waals surface area contributed by atoms with Gasteiger partial charge in [-0.3, -0.25) is 9.59 Å². The van der Waals surface area contributed by atoms with Crippen LogP contribution in [0.15, 0.2) is 30.3 Å². The van der Waals surface area contributed by atoms with Crippen LogP contribution < -0.4 is 10.6 Å². The van der Waals surface area contributed by atoms with Gasteiger partial charge in [0, 0.05) is 40.9 Å². The van der Waals surface area contributed by atoms with Gasteiger partial charge in [-0.2, -0.15) is 5.10 Å². The van der Waals surface area contributed by atoms with Crippen molar-refractivity contribution in [1.82, 2.24) is 19.7 Å². The first-order valence-electron chi connectivity index (χ1n) is 9.28. The van der Waals surface area contributed by atoms with Gasteiger partial charge >= 0.3 is 0 Å². The molecule has 0 aliphatic heterocycles. The van der Waals surface area contributed by atoms with Crippen molar-refractivity contribution in [3.05, 3.63) is 58.7 Å². The molecule has 0 aliphatic carbocycles. The van der Waals surface area contributed by atoms with Gasteiger partial charge in [-0.15, -0.1) is 0 Å². The van der Waals surface area contributed by atoms with Gasteiger partial charge in [0.15, 0.2) is 0 Å². The fraction of sp³-hybridized carbons (Fsp3) is 0.286. The van der Waals surface area contributed by atoms with Crippen LogP contribution >= 0.6 is 0 Å². The van der Waals surface area contributed by atoms with Crippen LogP contribution in [-0.2, 0) is 16.0 Å². The molecule has 0 radical (unpaired) electrons. The van der Waals surface area contributed by atoms with Crippen molar-refractivity contribution in [2.75, 3.05) is 10.6 Å². The molecule has 8 heteroatoms. The molecule has 8 nitrogen and oxygen atoms in total. The van der Waals surface area contributed by atoms with Gasteiger partial charge in [0.2, 0.25) is 11.8 Å². The average Bonchev–Trinajstić information content (AvgIpc) is 2.89. The summed E-state index contributed by atoms with van der Waals surface area (Å²) in [5.41, 5.74) is 5.38. The molecule has 0 atom stereocenters. The maximum absolute atomic E-state index is 12.6. The number of carbonyl (C=O) groups is 2. The summed E-state index contributed by atoms with van der Waals surface area (Å²) in [5, 5.41) is 10.1. The number of hydrogen-bond acceptors (Lipinski definition) is 5. The number of hydrogen-bond donors (Lipinski definition) is 2. The van der Waals surface area contributed by atoms with Gasteiger partial charge in [0.1, 0.15) is 0 Å². The molecule has 2 amide bonds. The third-order valence-corrected chi connectivity index (χ3v) is 4.41. The highest BCUT2D eigenvalue weighted by atomic mass is 16.2. The van der Waals surface area contributed by atoms with Gasteiger partial charge < -0.3 is 10.6 Å². The molecule has 0 aliphatic rings. The smallest absolute Gasteiger partial charge is 0.251 e. The highest BCUT2D eigenvalue weighted by molar-refractivity contribution is 5.94. The summed E-state index contributed by atoms with van der Waals surface area (Å²) in [6.45, 7) is 9.03. The Hall–Kier alpha value is -3.55. The summed E-state index contributed by atoms with van der Waals surface area (Å²) in [5.74, 6) is 0.163. The number of nitrogens with one attached hydrogen (secondary N) is 2. The largest absolute Gasteiger partial charge is 0.326 e. The van der Waals surface area contributed by atoms with Crippen LogP contribution in [0.1, 0.15) is 35.3 Å². The van der Waals surface area contributed by atoms with E-state index in [9.17, 15) is 9.59 Å². The molecule has 3 rings (SSSR count). The molecular formula is C21H24N6O2. The highest BCUT2D eigenvalue weighted by Gasteiger charge is 2.18. The zero-order valence-corrected chi connectivity index (χ0v) is 17.2. The van der Waals surface area contributed by atoms with Crippen molar-refractivity contribution >= 4 is 23.2 Å². The van der Waals surface area contributed by atoms with Crippen LogP contribution in [-0.4, -0.2) is 31.6 Å². The van der Waals surface area contributed by atoms with Gasteiger partial charge in [0.25, 0.3) is 5.95 Å². The fourth-order valence-electron chi connectivity index (χ4n) is 3.17. The van der Waals surface area contributed by atoms with E-state index in [0.717, 1.165) is 28.3 Å². The third-order valence-electron chi connectivity index (χ3n) is 4.41. The fourth-order valence-corrected chi connectivity index (χ4v) is 3.17. The number of carbonyl (C=O) groups excluding carboxylic acids is 2. The predicted octanol–water partition coefficient (Wildman–Crippen LogP) is 3.04. The van der Waals surface area contributed by atoms with Gasteiger partial charge in [-0.05, 0) is 52.0 Å². The minimum absolute atomic E-state index is 0.166. The van der Waals surface area contributed by atoms with E-state index in [1.807, 2.05) is 33.8 Å². The molecule has 2 heterocycles. The second-order valence-corrected chi connectivity index (χ2v) is 7.00. The number of anilines is 2. The summed E-state index contributed by atoms with van der Waals surface area (Å²) in [7, 11) is 0. The zero-order valence-electron chi connectivity index (χ0n) is 17.2. The molecule has 1 aromatic carbocycles. The number of rotatable bonds is 5. The minimum Gasteiger partial charge on any atom is -0.326 e. The lowest BCUT2D eigenvalue weighted by molar-refractivity contribution is -0.116. The summed E-state index contributed by atoms with van der Waals surface area (Å²) in [4.78, 5) is 32.7. The Labute approximate surface area is 169 Å². The van der Waals surface area contributed by atoms with Crippen molar-refractivity contribution in [2.45, 2.75) is 41.0 Å². The normalized spacial score (nSPS) is 10.7. The number of benzene rings is 1. The Morgan fingerprint density at radius 1 is 0.966 bits per heavy atom. The van der Waals surface area contributed by atoms with Crippen LogP contribution in [0.5, 0.6) is 0 Å². The van der Waals surface area contributed by atoms with Crippen molar-refractivity contribution < 1.29 is 9.59 Å². The van der Waals surface area contributed by atoms with Crippen molar-refractivity contribution in [3.8, 4) is 5.95 Å². The number of aromatic nitrogens is 4. The standard InChI is InChI=1S/C21H24N6O2/c1-12-9-13(2)23-21(22-12)27-15(4)19(14(3)26-27)11-20(29)25-18-8-6-7-17(10-18)24-16(5)28/h6-10H,11H2,1-5H3,(H,24,28)(H,25,29). The topological polar surface area (TPSA) is 102 Å². The molecule has 29 heavy (non-hydrogen) atoms. The van der Waals surface area contributed by atoms with E-state index in [1.54, 1.807) is 28.9 Å². The van der Waals surface area contributed by atoms with Gasteiger partial charge in [0.05, 0.1) is 12.1 Å². The molecule has 150 valence electrons. The molecule has 0 fully saturated rings. The van der Waals surface area contributed by atoms with E-state index < -0.39 is 0 Å². The van der Waals surface area contributed by atoms with Crippen molar-refractivity contribution in [1.29, 1.82) is 0 Å². The summed E-state index contributed by atoms with van der Waals surface area (Å²) < 4.78 is 1.68. The van der Waals surface area contributed by atoms with Crippen LogP contribution in [0.2, 0.25) is 0 Å². The quantitative estimate of drug-likeness (QED) is 0.695. The zero-order chi connectivity index (χ0) is 21.1. The van der Waals surface area contributed by atoms with Crippen LogP contribution in [0.3, 0.4) is 0 Å². The van der Waals surface area contributed by atoms with E-state index in [0.29, 0.717) is 17.3 Å². The van der Waals surface area contributed by atoms with E-state index >= 15 is 0 Å². The Balaban J connectivity index is 1.79. The number of amides is 2. The Kier molecular flexibility index (Phi) is 5.72. The lowest BCUT2D eigenvalue weighted by Crippen LogP contribution is -2.16. The summed E-state index contributed by atoms with van der Waals surface area (Å²) >= 11 is 0. The van der Waals surface area contributed by atoms with Gasteiger partial charge in [-0.1, -0.05) is 6.07 Å². The Morgan fingerprint density at radius 2 is 1.59 bits per heavy atom. The Bertz CT molecular complexity index is 1070. The van der Waals surface area contributed by atoms with Crippen molar-refractivity contribution in [2.24, 2.45) is 0 Å². The summed E-state index contributed by atoms with van der Waals surface area (Å²) in [6.07, 6.45) is 0.173. The monoisotopic (exact) mass is 392 g/mol. The predicted molar refractivity (Wildman–Crippen MR) is 111 cm³/mol. The lowest BCUT2D eigenvalue weighted by Gasteiger charge is -2.09. The maximum Gasteiger partial charge on any atom is 0.251 e. The molecule has 2 aromatic heterocycles. The van der Waals surface area contributed by atoms with E-state index in [1.165, 1.54) is 6.92 Å². The molecule has 2 N–H and O–H groups in total. The van der Waals surface area contributed by atoms with Crippen LogP contribution in [0.4, 0.5) is 11.4 Å². The van der Waals surface area contributed by atoms with Crippen molar-refractivity contribution in [3.63, 3.8) is 0 Å². The van der Waals surface area contributed by atoms with E-state index in [4.69, 9.17) is 0 Å². The molecular weight excluding hydrogens is 368 g/mol. The SMILES string of the molecule is CC(=O)Nc1cccc(NC(=O)Cc2c(C)nn(-c3nc(C)cc(C)n3)c2C)c1. The lowest BCUT2D eigenvalue weighted by atomic mass is 10.1. The molecule has 0 saturated carbocycles. The summed E-state index contributed by atoms with van der Waals surface area (Å²) in [6, 6.07) is 8.92. The van der Waals surface area contributed by atoms with Crippen LogP contribution in [0.25, 0.3) is 5.95 Å². The average molecular weight is 392 g/mol. The number of aryl methyl sites for hydroxylation is 3. The first-order valence-corrected chi connectivity index (χ1v) is 9.28. The minimum atomic E-state index is -0.169. The molecule has 0 bridgehead atoms. The first-order chi connectivity index (χ1) is 13.7. The maximum atomic E-state index is 12.6. The highest BCUT2D eigenvalue weighted by Crippen LogP contribution is 2.19. The third kappa shape index (κ3) is 4.84. The second kappa shape index (κ2) is 8.22. The molecule has 0 spiro atoms. The van der Waals surface area contributed by atoms with Crippen LogP contribution in [0, 0.1) is 27.7 Å². The molecule has 3 aromatic rings. The second-order valence-electron chi connectivity index (χ2n) is 7.00. The van der Waals surface area contributed by atoms with Gasteiger partial charge in [-0.25, -0.2) is 14.6 Å². The van der Waals surface area contributed by atoms with E-state index in [-0.39, 0.29) is 18.2 Å². The van der Waals surface area contributed by atoms with E-state index in [2.05, 4.69) is 25.7 Å².